The van der Waals surface area contributed by atoms with Crippen LogP contribution < -0.4 is 0 Å². The lowest BCUT2D eigenvalue weighted by Crippen LogP contribution is -2.50. The summed E-state index contributed by atoms with van der Waals surface area (Å²) >= 11 is 6.10. The molecule has 0 unspecified atom stereocenters. The van der Waals surface area contributed by atoms with E-state index in [1.165, 1.54) is 4.31 Å². The SMILES string of the molecule is O=C(O)[C@@H](c1c[nH]c2ccc(Cl)cc12)N1CCN(S(=O)(=O)c2ccccc2)CC1. The van der Waals surface area contributed by atoms with Gasteiger partial charge in [-0.05, 0) is 30.3 Å². The number of carbonyl (C=O) groups is 1. The maximum atomic E-state index is 12.8. The van der Waals surface area contributed by atoms with Gasteiger partial charge in [-0.3, -0.25) is 9.69 Å². The van der Waals surface area contributed by atoms with Crippen LogP contribution in [0.5, 0.6) is 0 Å². The number of aromatic amines is 1. The van der Waals surface area contributed by atoms with Crippen molar-refractivity contribution < 1.29 is 18.3 Å². The number of carboxylic acid groups (broad SMARTS) is 1. The van der Waals surface area contributed by atoms with E-state index in [0.29, 0.717) is 23.7 Å². The number of benzene rings is 2. The number of aromatic nitrogens is 1. The normalized spacial score (nSPS) is 17.4. The highest BCUT2D eigenvalue weighted by molar-refractivity contribution is 7.89. The van der Waals surface area contributed by atoms with Crippen molar-refractivity contribution in [1.82, 2.24) is 14.2 Å². The average molecular weight is 434 g/mol. The molecule has 0 amide bonds. The number of nitrogens with zero attached hydrogens (tertiary/aromatic N) is 2. The zero-order valence-corrected chi connectivity index (χ0v) is 17.0. The molecule has 2 heterocycles. The molecule has 3 aromatic rings. The van der Waals surface area contributed by atoms with Crippen LogP contribution in [0.3, 0.4) is 0 Å². The van der Waals surface area contributed by atoms with Gasteiger partial charge < -0.3 is 10.1 Å². The molecule has 4 rings (SSSR count). The Morgan fingerprint density at radius 2 is 1.76 bits per heavy atom. The molecule has 7 nitrogen and oxygen atoms in total. The van der Waals surface area contributed by atoms with E-state index in [-0.39, 0.29) is 18.0 Å². The van der Waals surface area contributed by atoms with E-state index in [2.05, 4.69) is 4.98 Å². The lowest BCUT2D eigenvalue weighted by molar-refractivity contribution is -0.144. The summed E-state index contributed by atoms with van der Waals surface area (Å²) in [7, 11) is -3.59. The number of rotatable bonds is 5. The van der Waals surface area contributed by atoms with Crippen molar-refractivity contribution in [2.45, 2.75) is 10.9 Å². The summed E-state index contributed by atoms with van der Waals surface area (Å²) in [5.74, 6) is -0.981. The fourth-order valence-corrected chi connectivity index (χ4v) is 5.39. The van der Waals surface area contributed by atoms with Crippen LogP contribution in [-0.4, -0.2) is 59.9 Å². The number of fused-ring (bicyclic) bond motifs is 1. The Labute approximate surface area is 173 Å². The second-order valence-corrected chi connectivity index (χ2v) is 9.30. The third kappa shape index (κ3) is 3.76. The molecule has 1 saturated heterocycles. The van der Waals surface area contributed by atoms with Gasteiger partial charge in [0, 0.05) is 53.9 Å². The first-order chi connectivity index (χ1) is 13.9. The van der Waals surface area contributed by atoms with Crippen LogP contribution in [0, 0.1) is 0 Å². The highest BCUT2D eigenvalue weighted by atomic mass is 35.5. The molecule has 0 spiro atoms. The molecule has 0 radical (unpaired) electrons. The van der Waals surface area contributed by atoms with Crippen molar-refractivity contribution in [3.8, 4) is 0 Å². The molecule has 2 aromatic carbocycles. The summed E-state index contributed by atoms with van der Waals surface area (Å²) in [4.78, 5) is 17.2. The van der Waals surface area contributed by atoms with E-state index in [0.717, 1.165) is 10.9 Å². The number of nitrogens with one attached hydrogen (secondary N) is 1. The summed E-state index contributed by atoms with van der Waals surface area (Å²) in [6, 6.07) is 12.7. The molecule has 29 heavy (non-hydrogen) atoms. The number of hydrogen-bond donors (Lipinski definition) is 2. The Hall–Kier alpha value is -2.39. The molecule has 0 saturated carbocycles. The van der Waals surface area contributed by atoms with Gasteiger partial charge in [0.2, 0.25) is 10.0 Å². The van der Waals surface area contributed by atoms with Gasteiger partial charge in [0.05, 0.1) is 4.90 Å². The second kappa shape index (κ2) is 7.79. The third-order valence-electron chi connectivity index (χ3n) is 5.22. The number of halogens is 1. The van der Waals surface area contributed by atoms with Crippen LogP contribution in [0.4, 0.5) is 0 Å². The number of aliphatic carboxylic acids is 1. The number of H-pyrrole nitrogens is 1. The van der Waals surface area contributed by atoms with Gasteiger partial charge >= 0.3 is 5.97 Å². The summed E-state index contributed by atoms with van der Waals surface area (Å²) < 4.78 is 27.0. The van der Waals surface area contributed by atoms with Gasteiger partial charge in [-0.1, -0.05) is 29.8 Å². The van der Waals surface area contributed by atoms with Gasteiger partial charge in [0.15, 0.2) is 0 Å². The minimum Gasteiger partial charge on any atom is -0.480 e. The first-order valence-electron chi connectivity index (χ1n) is 9.16. The zero-order chi connectivity index (χ0) is 20.6. The molecule has 1 atom stereocenters. The van der Waals surface area contributed by atoms with Gasteiger partial charge in [0.25, 0.3) is 0 Å². The Morgan fingerprint density at radius 1 is 1.07 bits per heavy atom. The van der Waals surface area contributed by atoms with E-state index in [1.54, 1.807) is 53.6 Å². The van der Waals surface area contributed by atoms with Gasteiger partial charge in [-0.2, -0.15) is 4.31 Å². The van der Waals surface area contributed by atoms with Crippen molar-refractivity contribution in [3.05, 3.63) is 65.3 Å². The van der Waals surface area contributed by atoms with Crippen LogP contribution in [0.2, 0.25) is 5.02 Å². The molecule has 0 bridgehead atoms. The number of hydrogen-bond acceptors (Lipinski definition) is 4. The molecule has 1 aromatic heterocycles. The van der Waals surface area contributed by atoms with E-state index in [9.17, 15) is 18.3 Å². The second-order valence-electron chi connectivity index (χ2n) is 6.93. The maximum Gasteiger partial charge on any atom is 0.325 e. The highest BCUT2D eigenvalue weighted by Crippen LogP contribution is 2.31. The van der Waals surface area contributed by atoms with Crippen molar-refractivity contribution in [1.29, 1.82) is 0 Å². The van der Waals surface area contributed by atoms with Crippen molar-refractivity contribution in [2.24, 2.45) is 0 Å². The standard InChI is InChI=1S/C20H20ClN3O4S/c21-14-6-7-18-16(12-14)17(13-22-18)19(20(25)26)23-8-10-24(11-9-23)29(27,28)15-4-2-1-3-5-15/h1-7,12-13,19,22H,8-11H2,(H,25,26)/t19-/m1/s1. The molecule has 1 aliphatic rings. The van der Waals surface area contributed by atoms with E-state index >= 15 is 0 Å². The number of carboxylic acids is 1. The Balaban J connectivity index is 1.57. The lowest BCUT2D eigenvalue weighted by atomic mass is 10.0. The first kappa shape index (κ1) is 19.9. The Bertz CT molecular complexity index is 1140. The molecule has 0 aliphatic carbocycles. The minimum atomic E-state index is -3.59. The first-order valence-corrected chi connectivity index (χ1v) is 11.0. The van der Waals surface area contributed by atoms with Crippen LogP contribution in [0.25, 0.3) is 10.9 Å². The monoisotopic (exact) mass is 433 g/mol. The van der Waals surface area contributed by atoms with Crippen LogP contribution in [-0.2, 0) is 14.8 Å². The van der Waals surface area contributed by atoms with Gasteiger partial charge in [-0.15, -0.1) is 0 Å². The smallest absolute Gasteiger partial charge is 0.325 e. The molecular formula is C20H20ClN3O4S. The van der Waals surface area contributed by atoms with E-state index in [1.807, 2.05) is 6.07 Å². The zero-order valence-electron chi connectivity index (χ0n) is 15.5. The fraction of sp³-hybridized carbons (Fsp3) is 0.250. The average Bonchev–Trinajstić information content (AvgIpc) is 3.12. The predicted octanol–water partition coefficient (Wildman–Crippen LogP) is 2.95. The third-order valence-corrected chi connectivity index (χ3v) is 7.37. The van der Waals surface area contributed by atoms with Crippen LogP contribution in [0.15, 0.2) is 59.6 Å². The molecule has 1 fully saturated rings. The highest BCUT2D eigenvalue weighted by Gasteiger charge is 2.35. The summed E-state index contributed by atoms with van der Waals surface area (Å²) in [5.41, 5.74) is 1.43. The summed E-state index contributed by atoms with van der Waals surface area (Å²) in [6.45, 7) is 1.08. The topological polar surface area (TPSA) is 93.7 Å². The van der Waals surface area contributed by atoms with Crippen molar-refractivity contribution in [2.75, 3.05) is 26.2 Å². The summed E-state index contributed by atoms with van der Waals surface area (Å²) in [5, 5.41) is 11.2. The van der Waals surface area contributed by atoms with Crippen LogP contribution >= 0.6 is 11.6 Å². The van der Waals surface area contributed by atoms with Gasteiger partial charge in [0.1, 0.15) is 6.04 Å². The van der Waals surface area contributed by atoms with Crippen molar-refractivity contribution in [3.63, 3.8) is 0 Å². The molecule has 1 aliphatic heterocycles. The maximum absolute atomic E-state index is 12.8. The minimum absolute atomic E-state index is 0.226. The number of sulfonamides is 1. The van der Waals surface area contributed by atoms with E-state index in [4.69, 9.17) is 11.6 Å². The van der Waals surface area contributed by atoms with Gasteiger partial charge in [-0.25, -0.2) is 8.42 Å². The molecule has 2 N–H and O–H groups in total. The largest absolute Gasteiger partial charge is 0.480 e. The fourth-order valence-electron chi connectivity index (χ4n) is 3.77. The molecule has 9 heteroatoms. The van der Waals surface area contributed by atoms with Crippen molar-refractivity contribution >= 4 is 38.5 Å². The summed E-state index contributed by atoms with van der Waals surface area (Å²) in [6.07, 6.45) is 1.69. The molecule has 152 valence electrons. The Morgan fingerprint density at radius 3 is 2.41 bits per heavy atom. The van der Waals surface area contributed by atoms with Crippen LogP contribution in [0.1, 0.15) is 11.6 Å². The molecular weight excluding hydrogens is 414 g/mol. The number of piperazine rings is 1. The predicted molar refractivity (Wildman–Crippen MR) is 110 cm³/mol. The quantitative estimate of drug-likeness (QED) is 0.645. The lowest BCUT2D eigenvalue weighted by Gasteiger charge is -2.37. The Kier molecular flexibility index (Phi) is 5.35. The van der Waals surface area contributed by atoms with E-state index < -0.39 is 22.0 Å².